The average molecular weight is 733 g/mol. The molecule has 20 nitrogen and oxygen atoms in total. The van der Waals surface area contributed by atoms with Crippen molar-refractivity contribution in [1.82, 2.24) is 30.2 Å². The van der Waals surface area contributed by atoms with Crippen LogP contribution in [0.4, 0.5) is 5.13 Å². The number of carbonyl (C=O) groups excluding carboxylic acids is 4. The molecule has 3 heterocycles. The second-order valence-corrected chi connectivity index (χ2v) is 13.3. The molecule has 0 bridgehead atoms. The fourth-order valence-corrected chi connectivity index (χ4v) is 6.32. The number of aliphatic carboxylic acids is 1. The molecular formula is C28H28N8O12S2. The second kappa shape index (κ2) is 13.9. The molecule has 1 aliphatic heterocycles. The summed E-state index contributed by atoms with van der Waals surface area (Å²) in [6.45, 7) is -0.563. The quantitative estimate of drug-likeness (QED) is 0.0439. The van der Waals surface area contributed by atoms with E-state index in [1.54, 1.807) is 0 Å². The van der Waals surface area contributed by atoms with Gasteiger partial charge in [0.25, 0.3) is 23.6 Å². The van der Waals surface area contributed by atoms with E-state index in [-0.39, 0.29) is 45.8 Å². The number of nitrogen functional groups attached to an aromatic ring is 1. The van der Waals surface area contributed by atoms with Gasteiger partial charge in [0, 0.05) is 49.1 Å². The normalized spacial score (nSPS) is 18.3. The Hall–Kier alpha value is -5.87. The number of H-pyrrole nitrogens is 1. The summed E-state index contributed by atoms with van der Waals surface area (Å²) in [6.07, 6.45) is 1.76. The summed E-state index contributed by atoms with van der Waals surface area (Å²) in [4.78, 5) is 86.2. The molecule has 1 aliphatic carbocycles. The fraction of sp³-hybridized carbons (Fsp3) is 0.286. The molecule has 9 N–H and O–H groups in total. The van der Waals surface area contributed by atoms with Gasteiger partial charge in [-0.2, -0.15) is 8.42 Å². The minimum absolute atomic E-state index is 0.000357. The number of β-lactam (4-membered cyclic amide) rings is 1. The van der Waals surface area contributed by atoms with Crippen molar-refractivity contribution in [2.45, 2.75) is 43.5 Å². The number of nitrogens with zero attached hydrogens (tertiary/aromatic N) is 3. The molecule has 50 heavy (non-hydrogen) atoms. The number of aromatic hydroxyl groups is 1. The summed E-state index contributed by atoms with van der Waals surface area (Å²) in [5.41, 5.74) is 3.13. The number of nitrogens with two attached hydrogens (primary N) is 1. The summed E-state index contributed by atoms with van der Waals surface area (Å²) < 4.78 is 33.7. The van der Waals surface area contributed by atoms with E-state index in [1.165, 1.54) is 29.6 Å². The zero-order chi connectivity index (χ0) is 36.4. The molecule has 1 saturated heterocycles. The van der Waals surface area contributed by atoms with Crippen molar-refractivity contribution in [1.29, 1.82) is 0 Å². The number of aromatic amines is 1. The van der Waals surface area contributed by atoms with Crippen LogP contribution in [0.15, 0.2) is 51.9 Å². The highest BCUT2D eigenvalue weighted by Crippen LogP contribution is 2.36. The van der Waals surface area contributed by atoms with Crippen LogP contribution < -0.4 is 27.1 Å². The molecule has 2 atom stereocenters. The second-order valence-electron chi connectivity index (χ2n) is 11.1. The number of aromatic nitrogens is 2. The highest BCUT2D eigenvalue weighted by Gasteiger charge is 2.54. The first-order chi connectivity index (χ1) is 23.6. The Morgan fingerprint density at radius 3 is 2.40 bits per heavy atom. The molecule has 22 heteroatoms. The third-order valence-corrected chi connectivity index (χ3v) is 9.45. The van der Waals surface area contributed by atoms with Crippen LogP contribution in [0.3, 0.4) is 0 Å². The molecular weight excluding hydrogens is 704 g/mol. The van der Waals surface area contributed by atoms with Gasteiger partial charge in [-0.15, -0.1) is 11.3 Å². The minimum Gasteiger partial charge on any atom is -0.503 e. The number of nitrogens with one attached hydrogen (secondary N) is 4. The van der Waals surface area contributed by atoms with Crippen molar-refractivity contribution in [3.05, 3.63) is 74.6 Å². The fourth-order valence-electron chi connectivity index (χ4n) is 4.89. The van der Waals surface area contributed by atoms with Crippen molar-refractivity contribution >= 4 is 62.1 Å². The number of thiazole rings is 1. The van der Waals surface area contributed by atoms with Gasteiger partial charge >= 0.3 is 16.3 Å². The molecule has 2 fully saturated rings. The summed E-state index contributed by atoms with van der Waals surface area (Å²) in [5.74, 6) is -5.55. The van der Waals surface area contributed by atoms with E-state index < -0.39 is 81.0 Å². The first-order valence-electron chi connectivity index (χ1n) is 14.5. The molecule has 2 aromatic heterocycles. The number of rotatable bonds is 13. The highest BCUT2D eigenvalue weighted by atomic mass is 32.2. The summed E-state index contributed by atoms with van der Waals surface area (Å²) >= 11 is 0.928. The van der Waals surface area contributed by atoms with E-state index >= 15 is 0 Å². The minimum atomic E-state index is -5.13. The lowest BCUT2D eigenvalue weighted by Crippen LogP contribution is -2.74. The Morgan fingerprint density at radius 1 is 1.14 bits per heavy atom. The lowest BCUT2D eigenvalue weighted by atomic mass is 9.80. The molecule has 1 saturated carbocycles. The lowest BCUT2D eigenvalue weighted by molar-refractivity contribution is -0.178. The average Bonchev–Trinajstić information content (AvgIpc) is 3.47. The highest BCUT2D eigenvalue weighted by molar-refractivity contribution is 7.84. The van der Waals surface area contributed by atoms with Crippen LogP contribution in [0.1, 0.15) is 51.4 Å². The molecule has 5 rings (SSSR count). The van der Waals surface area contributed by atoms with Crippen LogP contribution in [0.5, 0.6) is 5.75 Å². The lowest BCUT2D eigenvalue weighted by Gasteiger charge is -2.44. The van der Waals surface area contributed by atoms with Crippen molar-refractivity contribution < 1.29 is 52.0 Å². The maximum Gasteiger partial charge on any atom is 0.362 e. The van der Waals surface area contributed by atoms with E-state index in [4.69, 9.17) is 10.6 Å². The van der Waals surface area contributed by atoms with E-state index in [0.717, 1.165) is 23.6 Å². The predicted molar refractivity (Wildman–Crippen MR) is 171 cm³/mol. The van der Waals surface area contributed by atoms with Gasteiger partial charge in [-0.25, -0.2) is 14.1 Å². The number of carboxylic acid groups (broad SMARTS) is 1. The zero-order valence-electron chi connectivity index (χ0n) is 25.5. The SMILES string of the molecule is Nc1nc(C(=NOC2(C(=O)O)CCC2)C(=O)NC2C(=O)N(S(=O)(=O)O)C2CNC(=O)c2ccc(CNC(=O)c3cc(=O)c(O)c[nH]3)cc2)cs1. The van der Waals surface area contributed by atoms with Gasteiger partial charge < -0.3 is 41.7 Å². The zero-order valence-corrected chi connectivity index (χ0v) is 27.1. The van der Waals surface area contributed by atoms with E-state index in [0.29, 0.717) is 12.0 Å². The Morgan fingerprint density at radius 2 is 1.84 bits per heavy atom. The van der Waals surface area contributed by atoms with Gasteiger partial charge in [-0.05, 0) is 24.1 Å². The standard InChI is InChI=1S/C28H28N8O12S2/c29-27-33-16(12-49-27)20(35-48-28(26(43)44)6-1-7-28)24(41)34-21-17(36(25(21)42)50(45,46)47)10-32-22(39)14-4-2-13(3-5-14)9-31-23(40)15-8-18(37)19(38)11-30-15/h2-5,8,11-12,17,21,38H,1,6-7,9-10H2,(H2,29,33)(H,30,37)(H,31,40)(H,32,39)(H,34,41)(H,43,44)(H,45,46,47). The van der Waals surface area contributed by atoms with Gasteiger partial charge in [0.05, 0.1) is 6.04 Å². The van der Waals surface area contributed by atoms with Crippen LogP contribution in [-0.4, -0.2) is 97.0 Å². The Labute approximate surface area is 285 Å². The van der Waals surface area contributed by atoms with Crippen LogP contribution in [0.25, 0.3) is 0 Å². The van der Waals surface area contributed by atoms with E-state index in [9.17, 15) is 52.0 Å². The molecule has 0 spiro atoms. The number of anilines is 1. The van der Waals surface area contributed by atoms with Gasteiger partial charge in [0.15, 0.2) is 16.6 Å². The molecule has 4 amide bonds. The number of hydrogen-bond acceptors (Lipinski definition) is 14. The van der Waals surface area contributed by atoms with Crippen molar-refractivity contribution in [2.24, 2.45) is 5.16 Å². The number of amides is 4. The first kappa shape index (κ1) is 35.4. The van der Waals surface area contributed by atoms with E-state index in [2.05, 4.69) is 31.1 Å². The number of pyridine rings is 1. The van der Waals surface area contributed by atoms with E-state index in [1.807, 2.05) is 0 Å². The number of carboxylic acids is 1. The maximum atomic E-state index is 13.3. The molecule has 1 aromatic carbocycles. The van der Waals surface area contributed by atoms with Crippen molar-refractivity contribution in [2.75, 3.05) is 12.3 Å². The van der Waals surface area contributed by atoms with Gasteiger partial charge in [-0.3, -0.25) is 28.5 Å². The monoisotopic (exact) mass is 732 g/mol. The van der Waals surface area contributed by atoms with Crippen molar-refractivity contribution in [3.8, 4) is 5.75 Å². The predicted octanol–water partition coefficient (Wildman–Crippen LogP) is -1.29. The number of oxime groups is 1. The smallest absolute Gasteiger partial charge is 0.362 e. The summed E-state index contributed by atoms with van der Waals surface area (Å²) in [5, 5.41) is 31.2. The molecule has 264 valence electrons. The number of benzene rings is 1. The van der Waals surface area contributed by atoms with Crippen LogP contribution >= 0.6 is 11.3 Å². The van der Waals surface area contributed by atoms with Crippen LogP contribution in [-0.2, 0) is 36.1 Å². The van der Waals surface area contributed by atoms with Gasteiger partial charge in [0.1, 0.15) is 17.4 Å². The Kier molecular flexibility index (Phi) is 9.87. The number of hydrogen-bond donors (Lipinski definition) is 8. The van der Waals surface area contributed by atoms with Crippen LogP contribution in [0.2, 0.25) is 0 Å². The topological polar surface area (TPSA) is 313 Å². The third-order valence-electron chi connectivity index (χ3n) is 7.82. The van der Waals surface area contributed by atoms with Gasteiger partial charge in [0.2, 0.25) is 11.0 Å². The first-order valence-corrected chi connectivity index (χ1v) is 16.8. The maximum absolute atomic E-state index is 13.3. The largest absolute Gasteiger partial charge is 0.503 e. The molecule has 2 aliphatic rings. The summed E-state index contributed by atoms with van der Waals surface area (Å²) in [6, 6.07) is 3.61. The van der Waals surface area contributed by atoms with Crippen molar-refractivity contribution in [3.63, 3.8) is 0 Å². The molecule has 2 unspecified atom stereocenters. The number of carbonyl (C=O) groups is 5. The Bertz CT molecular complexity index is 2060. The molecule has 0 radical (unpaired) electrons. The third kappa shape index (κ3) is 7.40. The summed E-state index contributed by atoms with van der Waals surface area (Å²) in [7, 11) is -5.13. The van der Waals surface area contributed by atoms with Crippen LogP contribution in [0, 0.1) is 0 Å². The van der Waals surface area contributed by atoms with Gasteiger partial charge in [-0.1, -0.05) is 17.3 Å². The molecule has 3 aromatic rings. The Balaban J connectivity index is 1.24.